The third kappa shape index (κ3) is 6.94. The number of amides is 1. The predicted octanol–water partition coefficient (Wildman–Crippen LogP) is 2.97. The lowest BCUT2D eigenvalue weighted by Crippen LogP contribution is -2.19. The molecule has 0 heterocycles. The van der Waals surface area contributed by atoms with Crippen molar-refractivity contribution in [3.8, 4) is 5.75 Å². The molecule has 0 radical (unpaired) electrons. The molecular weight excluding hydrogens is 356 g/mol. The van der Waals surface area contributed by atoms with Crippen LogP contribution in [0.2, 0.25) is 5.02 Å². The van der Waals surface area contributed by atoms with E-state index in [4.69, 9.17) is 21.1 Å². The summed E-state index contributed by atoms with van der Waals surface area (Å²) in [6, 6.07) is 14.0. The minimum absolute atomic E-state index is 0.137. The van der Waals surface area contributed by atoms with Gasteiger partial charge >= 0.3 is 5.97 Å². The number of esters is 1. The summed E-state index contributed by atoms with van der Waals surface area (Å²) < 4.78 is 10.1. The summed E-state index contributed by atoms with van der Waals surface area (Å²) in [4.78, 5) is 23.0. The lowest BCUT2D eigenvalue weighted by atomic mass is 10.1. The van der Waals surface area contributed by atoms with Crippen molar-refractivity contribution >= 4 is 29.7 Å². The standard InChI is InChI=1S/C19H19ClN2O4/c1-2-25-19(24)13-26-17-9-5-15(6-10-17)12-21-22-18(23)11-14-3-7-16(20)8-4-14/h3-10,12H,2,11,13H2,1H3,(H,22,23)/b21-12+. The maximum atomic E-state index is 11.8. The van der Waals surface area contributed by atoms with Gasteiger partial charge in [-0.15, -0.1) is 0 Å². The number of nitrogens with one attached hydrogen (secondary N) is 1. The molecular formula is C19H19ClN2O4. The lowest BCUT2D eigenvalue weighted by Gasteiger charge is -2.05. The molecule has 26 heavy (non-hydrogen) atoms. The summed E-state index contributed by atoms with van der Waals surface area (Å²) in [5.41, 5.74) is 4.10. The molecule has 0 atom stereocenters. The highest BCUT2D eigenvalue weighted by molar-refractivity contribution is 6.30. The van der Waals surface area contributed by atoms with Crippen molar-refractivity contribution < 1.29 is 19.1 Å². The van der Waals surface area contributed by atoms with E-state index in [-0.39, 0.29) is 18.9 Å². The number of carbonyl (C=O) groups is 2. The van der Waals surface area contributed by atoms with Crippen LogP contribution in [-0.4, -0.2) is 31.3 Å². The van der Waals surface area contributed by atoms with Gasteiger partial charge in [-0.2, -0.15) is 5.10 Å². The van der Waals surface area contributed by atoms with Gasteiger partial charge in [-0.1, -0.05) is 23.7 Å². The fourth-order valence-electron chi connectivity index (χ4n) is 2.00. The van der Waals surface area contributed by atoms with Crippen LogP contribution in [0.1, 0.15) is 18.1 Å². The molecule has 1 N–H and O–H groups in total. The normalized spacial score (nSPS) is 10.5. The molecule has 0 saturated heterocycles. The lowest BCUT2D eigenvalue weighted by molar-refractivity contribution is -0.145. The molecule has 0 aliphatic carbocycles. The van der Waals surface area contributed by atoms with Crippen LogP contribution in [-0.2, 0) is 20.7 Å². The number of hydrazone groups is 1. The van der Waals surface area contributed by atoms with Crippen molar-refractivity contribution in [2.75, 3.05) is 13.2 Å². The third-order valence-corrected chi connectivity index (χ3v) is 3.47. The fraction of sp³-hybridized carbons (Fsp3) is 0.211. The van der Waals surface area contributed by atoms with Gasteiger partial charge < -0.3 is 9.47 Å². The molecule has 1 amide bonds. The third-order valence-electron chi connectivity index (χ3n) is 3.22. The Hall–Kier alpha value is -2.86. The van der Waals surface area contributed by atoms with Gasteiger partial charge in [0.1, 0.15) is 5.75 Å². The van der Waals surface area contributed by atoms with Crippen LogP contribution in [0.5, 0.6) is 5.75 Å². The summed E-state index contributed by atoms with van der Waals surface area (Å²) in [6.07, 6.45) is 1.74. The van der Waals surface area contributed by atoms with Crippen LogP contribution in [0.25, 0.3) is 0 Å². The van der Waals surface area contributed by atoms with Crippen molar-refractivity contribution in [3.05, 3.63) is 64.7 Å². The van der Waals surface area contributed by atoms with E-state index in [9.17, 15) is 9.59 Å². The number of rotatable bonds is 8. The van der Waals surface area contributed by atoms with E-state index in [0.717, 1.165) is 11.1 Å². The van der Waals surface area contributed by atoms with E-state index in [0.29, 0.717) is 17.4 Å². The molecule has 7 heteroatoms. The Morgan fingerprint density at radius 2 is 1.81 bits per heavy atom. The maximum Gasteiger partial charge on any atom is 0.344 e. The first-order valence-corrected chi connectivity index (χ1v) is 8.39. The monoisotopic (exact) mass is 374 g/mol. The van der Waals surface area contributed by atoms with Gasteiger partial charge in [0.25, 0.3) is 0 Å². The van der Waals surface area contributed by atoms with Crippen LogP contribution < -0.4 is 10.2 Å². The second-order valence-corrected chi connectivity index (χ2v) is 5.70. The number of nitrogens with zero attached hydrogens (tertiary/aromatic N) is 1. The van der Waals surface area contributed by atoms with Gasteiger partial charge in [-0.05, 0) is 54.4 Å². The summed E-state index contributed by atoms with van der Waals surface area (Å²) in [5, 5.41) is 4.54. The van der Waals surface area contributed by atoms with Crippen LogP contribution in [0, 0.1) is 0 Å². The molecule has 0 aromatic heterocycles. The number of ether oxygens (including phenoxy) is 2. The first-order valence-electron chi connectivity index (χ1n) is 8.01. The van der Waals surface area contributed by atoms with Crippen molar-refractivity contribution in [1.29, 1.82) is 0 Å². The number of hydrogen-bond donors (Lipinski definition) is 1. The summed E-state index contributed by atoms with van der Waals surface area (Å²) in [6.45, 7) is 1.92. The van der Waals surface area contributed by atoms with Gasteiger partial charge in [0, 0.05) is 5.02 Å². The van der Waals surface area contributed by atoms with Crippen LogP contribution in [0.4, 0.5) is 0 Å². The van der Waals surface area contributed by atoms with Crippen LogP contribution >= 0.6 is 11.6 Å². The smallest absolute Gasteiger partial charge is 0.344 e. The van der Waals surface area contributed by atoms with Crippen molar-refractivity contribution in [3.63, 3.8) is 0 Å². The topological polar surface area (TPSA) is 77.0 Å². The molecule has 136 valence electrons. The van der Waals surface area contributed by atoms with Crippen molar-refractivity contribution in [2.24, 2.45) is 5.10 Å². The molecule has 2 aromatic rings. The van der Waals surface area contributed by atoms with Gasteiger partial charge in [-0.25, -0.2) is 10.2 Å². The van der Waals surface area contributed by atoms with Crippen LogP contribution in [0.3, 0.4) is 0 Å². The van der Waals surface area contributed by atoms with Gasteiger partial charge in [-0.3, -0.25) is 4.79 Å². The zero-order valence-electron chi connectivity index (χ0n) is 14.3. The highest BCUT2D eigenvalue weighted by atomic mass is 35.5. The Kier molecular flexibility index (Phi) is 7.64. The summed E-state index contributed by atoms with van der Waals surface area (Å²) in [7, 11) is 0. The molecule has 0 bridgehead atoms. The second kappa shape index (κ2) is 10.2. The molecule has 0 fully saturated rings. The SMILES string of the molecule is CCOC(=O)COc1ccc(/C=N/NC(=O)Cc2ccc(Cl)cc2)cc1. The number of benzene rings is 2. The molecule has 2 aromatic carbocycles. The number of halogens is 1. The Morgan fingerprint density at radius 3 is 2.46 bits per heavy atom. The highest BCUT2D eigenvalue weighted by Gasteiger charge is 2.03. The summed E-state index contributed by atoms with van der Waals surface area (Å²) in [5.74, 6) is -0.0959. The van der Waals surface area contributed by atoms with Crippen molar-refractivity contribution in [1.82, 2.24) is 5.43 Å². The Bertz CT molecular complexity index is 758. The van der Waals surface area contributed by atoms with Gasteiger partial charge in [0.05, 0.1) is 19.2 Å². The predicted molar refractivity (Wildman–Crippen MR) is 99.5 cm³/mol. The van der Waals surface area contributed by atoms with E-state index >= 15 is 0 Å². The molecule has 0 unspecified atom stereocenters. The van der Waals surface area contributed by atoms with Gasteiger partial charge in [0.15, 0.2) is 6.61 Å². The average molecular weight is 375 g/mol. The molecule has 0 aliphatic heterocycles. The minimum Gasteiger partial charge on any atom is -0.482 e. The number of carbonyl (C=O) groups excluding carboxylic acids is 2. The number of hydrogen-bond acceptors (Lipinski definition) is 5. The zero-order chi connectivity index (χ0) is 18.8. The molecule has 6 nitrogen and oxygen atoms in total. The quantitative estimate of drug-likeness (QED) is 0.438. The second-order valence-electron chi connectivity index (χ2n) is 5.26. The average Bonchev–Trinajstić information content (AvgIpc) is 2.63. The van der Waals surface area contributed by atoms with E-state index < -0.39 is 5.97 Å². The van der Waals surface area contributed by atoms with Gasteiger partial charge in [0.2, 0.25) is 5.91 Å². The van der Waals surface area contributed by atoms with E-state index in [1.807, 2.05) is 0 Å². The first kappa shape index (κ1) is 19.5. The highest BCUT2D eigenvalue weighted by Crippen LogP contribution is 2.11. The largest absolute Gasteiger partial charge is 0.482 e. The Balaban J connectivity index is 1.78. The molecule has 0 aliphatic rings. The first-order chi connectivity index (χ1) is 12.6. The zero-order valence-corrected chi connectivity index (χ0v) is 15.0. The van der Waals surface area contributed by atoms with E-state index in [2.05, 4.69) is 10.5 Å². The minimum atomic E-state index is -0.415. The fourth-order valence-corrected chi connectivity index (χ4v) is 2.13. The van der Waals surface area contributed by atoms with E-state index in [1.165, 1.54) is 6.21 Å². The molecule has 0 spiro atoms. The Labute approximate surface area is 156 Å². The molecule has 0 saturated carbocycles. The molecule has 2 rings (SSSR count). The Morgan fingerprint density at radius 1 is 1.12 bits per heavy atom. The summed E-state index contributed by atoms with van der Waals surface area (Å²) >= 11 is 5.80. The van der Waals surface area contributed by atoms with Crippen LogP contribution in [0.15, 0.2) is 53.6 Å². The van der Waals surface area contributed by atoms with E-state index in [1.54, 1.807) is 55.5 Å². The van der Waals surface area contributed by atoms with Crippen molar-refractivity contribution in [2.45, 2.75) is 13.3 Å². The maximum absolute atomic E-state index is 11.8.